The van der Waals surface area contributed by atoms with Crippen LogP contribution >= 0.6 is 24.0 Å². The van der Waals surface area contributed by atoms with E-state index in [1.165, 1.54) is 16.3 Å². The molecule has 2 aromatic carbocycles. The van der Waals surface area contributed by atoms with Crippen molar-refractivity contribution in [3.05, 3.63) is 60.2 Å². The molecule has 138 valence electrons. The van der Waals surface area contributed by atoms with Crippen LogP contribution in [0.2, 0.25) is 0 Å². The van der Waals surface area contributed by atoms with Crippen LogP contribution in [-0.4, -0.2) is 46.3 Å². The molecule has 0 bridgehead atoms. The van der Waals surface area contributed by atoms with Gasteiger partial charge in [-0.15, -0.1) is 24.0 Å². The molecule has 0 unspecified atom stereocenters. The molecule has 26 heavy (non-hydrogen) atoms. The highest BCUT2D eigenvalue weighted by molar-refractivity contribution is 14.0. The highest BCUT2D eigenvalue weighted by atomic mass is 127. The van der Waals surface area contributed by atoms with Gasteiger partial charge in [-0.25, -0.2) is 4.98 Å². The predicted octanol–water partition coefficient (Wildman–Crippen LogP) is 2.84. The van der Waals surface area contributed by atoms with Crippen molar-refractivity contribution in [1.29, 1.82) is 0 Å². The molecule has 3 aromatic rings. The Kier molecular flexibility index (Phi) is 7.38. The van der Waals surface area contributed by atoms with Crippen LogP contribution in [0.1, 0.15) is 11.4 Å². The molecule has 1 aromatic heterocycles. The first-order valence-electron chi connectivity index (χ1n) is 8.40. The van der Waals surface area contributed by atoms with Crippen LogP contribution in [0.5, 0.6) is 0 Å². The maximum Gasteiger partial charge on any atom is 0.193 e. The van der Waals surface area contributed by atoms with Gasteiger partial charge in [-0.1, -0.05) is 42.5 Å². The number of rotatable bonds is 5. The van der Waals surface area contributed by atoms with Gasteiger partial charge < -0.3 is 10.2 Å². The van der Waals surface area contributed by atoms with E-state index in [0.717, 1.165) is 24.7 Å². The predicted molar refractivity (Wildman–Crippen MR) is 117 cm³/mol. The quantitative estimate of drug-likeness (QED) is 0.359. The molecule has 0 fully saturated rings. The van der Waals surface area contributed by atoms with Gasteiger partial charge in [0.15, 0.2) is 5.96 Å². The average molecular weight is 464 g/mol. The Labute approximate surface area is 171 Å². The summed E-state index contributed by atoms with van der Waals surface area (Å²) in [6.45, 7) is 1.48. The number of fused-ring (bicyclic) bond motifs is 1. The first-order chi connectivity index (χ1) is 12.2. The number of nitrogens with one attached hydrogen (secondary N) is 1. The van der Waals surface area contributed by atoms with E-state index < -0.39 is 0 Å². The van der Waals surface area contributed by atoms with E-state index >= 15 is 0 Å². The molecule has 3 rings (SSSR count). The number of aliphatic imine (C=N–C) groups is 1. The number of aromatic nitrogens is 3. The lowest BCUT2D eigenvalue weighted by atomic mass is 10.0. The Morgan fingerprint density at radius 1 is 1.19 bits per heavy atom. The number of hydrogen-bond donors (Lipinski definition) is 1. The standard InChI is InChI=1S/C19H24N6.HI/c1-20-19(24(2)13-18-22-14-23-25(18)3)21-12-11-16-9-6-8-15-7-4-5-10-17(15)16;/h4-10,14H,11-13H2,1-3H3,(H,20,21);1H. The van der Waals surface area contributed by atoms with Gasteiger partial charge in [-0.2, -0.15) is 5.10 Å². The second-order valence-electron chi connectivity index (χ2n) is 6.02. The maximum atomic E-state index is 4.37. The topological polar surface area (TPSA) is 58.3 Å². The molecule has 0 saturated carbocycles. The fourth-order valence-electron chi connectivity index (χ4n) is 2.95. The smallest absolute Gasteiger partial charge is 0.193 e. The molecule has 0 aliphatic heterocycles. The lowest BCUT2D eigenvalue weighted by Crippen LogP contribution is -2.39. The zero-order valence-electron chi connectivity index (χ0n) is 15.4. The first-order valence-corrected chi connectivity index (χ1v) is 8.40. The van der Waals surface area contributed by atoms with Crippen LogP contribution in [0, 0.1) is 0 Å². The molecular weight excluding hydrogens is 439 g/mol. The third-order valence-electron chi connectivity index (χ3n) is 4.31. The molecular formula is C19H25IN6. The minimum Gasteiger partial charge on any atom is -0.356 e. The van der Waals surface area contributed by atoms with Crippen molar-refractivity contribution in [2.75, 3.05) is 20.6 Å². The lowest BCUT2D eigenvalue weighted by Gasteiger charge is -2.21. The normalized spacial score (nSPS) is 11.3. The van der Waals surface area contributed by atoms with Gasteiger partial charge in [0.2, 0.25) is 0 Å². The van der Waals surface area contributed by atoms with Gasteiger partial charge in [0, 0.05) is 27.7 Å². The summed E-state index contributed by atoms with van der Waals surface area (Å²) in [5.41, 5.74) is 1.34. The third kappa shape index (κ3) is 4.72. The van der Waals surface area contributed by atoms with Crippen LogP contribution in [0.15, 0.2) is 53.8 Å². The summed E-state index contributed by atoms with van der Waals surface area (Å²) in [6.07, 6.45) is 2.51. The molecule has 0 saturated heterocycles. The zero-order valence-corrected chi connectivity index (χ0v) is 17.7. The van der Waals surface area contributed by atoms with Crippen molar-refractivity contribution in [1.82, 2.24) is 25.0 Å². The van der Waals surface area contributed by atoms with Gasteiger partial charge in [0.1, 0.15) is 12.2 Å². The minimum atomic E-state index is 0. The molecule has 0 amide bonds. The van der Waals surface area contributed by atoms with Crippen molar-refractivity contribution in [3.8, 4) is 0 Å². The SMILES string of the molecule is CN=C(NCCc1cccc2ccccc12)N(C)Cc1ncnn1C.I. The number of nitrogens with zero attached hydrogens (tertiary/aromatic N) is 5. The Morgan fingerprint density at radius 3 is 2.69 bits per heavy atom. The highest BCUT2D eigenvalue weighted by Gasteiger charge is 2.10. The summed E-state index contributed by atoms with van der Waals surface area (Å²) in [4.78, 5) is 10.7. The Hall–Kier alpha value is -2.16. The van der Waals surface area contributed by atoms with Crippen molar-refractivity contribution < 1.29 is 0 Å². The lowest BCUT2D eigenvalue weighted by molar-refractivity contribution is 0.449. The number of guanidine groups is 1. The minimum absolute atomic E-state index is 0. The number of hydrogen-bond acceptors (Lipinski definition) is 3. The number of benzene rings is 2. The van der Waals surface area contributed by atoms with E-state index in [0.29, 0.717) is 6.54 Å². The fraction of sp³-hybridized carbons (Fsp3) is 0.316. The number of halogens is 1. The summed E-state index contributed by atoms with van der Waals surface area (Å²) < 4.78 is 1.78. The van der Waals surface area contributed by atoms with Crippen LogP contribution in [-0.2, 0) is 20.0 Å². The summed E-state index contributed by atoms with van der Waals surface area (Å²) in [7, 11) is 5.70. The van der Waals surface area contributed by atoms with Gasteiger partial charge in [0.25, 0.3) is 0 Å². The molecule has 0 atom stereocenters. The van der Waals surface area contributed by atoms with E-state index in [9.17, 15) is 0 Å². The Morgan fingerprint density at radius 2 is 1.96 bits per heavy atom. The average Bonchev–Trinajstić information content (AvgIpc) is 3.03. The molecule has 0 radical (unpaired) electrons. The monoisotopic (exact) mass is 464 g/mol. The van der Waals surface area contributed by atoms with Gasteiger partial charge in [0.05, 0.1) is 6.54 Å². The van der Waals surface area contributed by atoms with Crippen LogP contribution in [0.3, 0.4) is 0 Å². The molecule has 6 nitrogen and oxygen atoms in total. The maximum absolute atomic E-state index is 4.37. The Balaban J connectivity index is 0.00000243. The van der Waals surface area contributed by atoms with E-state index in [-0.39, 0.29) is 24.0 Å². The van der Waals surface area contributed by atoms with E-state index in [1.54, 1.807) is 18.1 Å². The molecule has 0 aliphatic rings. The van der Waals surface area contributed by atoms with Crippen LogP contribution in [0.25, 0.3) is 10.8 Å². The van der Waals surface area contributed by atoms with Crippen LogP contribution in [0.4, 0.5) is 0 Å². The molecule has 1 heterocycles. The van der Waals surface area contributed by atoms with Crippen LogP contribution < -0.4 is 5.32 Å². The summed E-state index contributed by atoms with van der Waals surface area (Å²) in [5, 5.41) is 10.1. The van der Waals surface area contributed by atoms with E-state index in [1.807, 2.05) is 19.0 Å². The first kappa shape index (κ1) is 20.2. The van der Waals surface area contributed by atoms with Crippen molar-refractivity contribution in [3.63, 3.8) is 0 Å². The zero-order chi connectivity index (χ0) is 17.6. The van der Waals surface area contributed by atoms with Gasteiger partial charge in [-0.3, -0.25) is 9.67 Å². The third-order valence-corrected chi connectivity index (χ3v) is 4.31. The summed E-state index contributed by atoms with van der Waals surface area (Å²) in [6, 6.07) is 15.0. The molecule has 1 N–H and O–H groups in total. The highest BCUT2D eigenvalue weighted by Crippen LogP contribution is 2.18. The van der Waals surface area contributed by atoms with Gasteiger partial charge >= 0.3 is 0 Å². The van der Waals surface area contributed by atoms with Crippen molar-refractivity contribution >= 4 is 40.7 Å². The largest absolute Gasteiger partial charge is 0.356 e. The summed E-state index contributed by atoms with van der Waals surface area (Å²) >= 11 is 0. The summed E-state index contributed by atoms with van der Waals surface area (Å²) in [5.74, 6) is 1.75. The second kappa shape index (κ2) is 9.51. The number of aryl methyl sites for hydroxylation is 1. The van der Waals surface area contributed by atoms with Gasteiger partial charge in [-0.05, 0) is 22.8 Å². The van der Waals surface area contributed by atoms with Crippen molar-refractivity contribution in [2.45, 2.75) is 13.0 Å². The molecule has 0 spiro atoms. The van der Waals surface area contributed by atoms with E-state index in [4.69, 9.17) is 0 Å². The fourth-order valence-corrected chi connectivity index (χ4v) is 2.95. The van der Waals surface area contributed by atoms with E-state index in [2.05, 4.69) is 62.9 Å². The Bertz CT molecular complexity index is 868. The second-order valence-corrected chi connectivity index (χ2v) is 6.02. The molecule has 7 heteroatoms. The van der Waals surface area contributed by atoms with Crippen molar-refractivity contribution in [2.24, 2.45) is 12.0 Å². The molecule has 0 aliphatic carbocycles.